The van der Waals surface area contributed by atoms with Gasteiger partial charge in [-0.05, 0) is 56.9 Å². The number of hydrogen-bond acceptors (Lipinski definition) is 3. The normalized spacial score (nSPS) is 18.7. The number of amides is 2. The lowest BCUT2D eigenvalue weighted by molar-refractivity contribution is 0.0656. The van der Waals surface area contributed by atoms with E-state index in [0.717, 1.165) is 43.6 Å². The summed E-state index contributed by atoms with van der Waals surface area (Å²) in [5, 5.41) is 3.00. The molecule has 2 aliphatic heterocycles. The van der Waals surface area contributed by atoms with Gasteiger partial charge in [-0.1, -0.05) is 36.2 Å². The van der Waals surface area contributed by atoms with Crippen molar-refractivity contribution in [2.45, 2.75) is 52.2 Å². The monoisotopic (exact) mass is 391 g/mol. The van der Waals surface area contributed by atoms with Crippen LogP contribution in [0.4, 0.5) is 5.69 Å². The number of nitrogens with zero attached hydrogens (tertiary/aromatic N) is 2. The van der Waals surface area contributed by atoms with Gasteiger partial charge in [-0.3, -0.25) is 9.59 Å². The minimum Gasteiger partial charge on any atom is -0.351 e. The van der Waals surface area contributed by atoms with E-state index in [0.29, 0.717) is 17.7 Å². The van der Waals surface area contributed by atoms with Crippen molar-refractivity contribution in [3.63, 3.8) is 0 Å². The lowest BCUT2D eigenvalue weighted by atomic mass is 10.0. The highest BCUT2D eigenvalue weighted by atomic mass is 16.2. The summed E-state index contributed by atoms with van der Waals surface area (Å²) in [7, 11) is 0. The molecule has 1 atom stereocenters. The SMILES string of the molecule is CCN1c2cc(C(=O)NCc3ccc(C)cc3)ccc2C(=O)N2CCCCC[C@H]21. The Morgan fingerprint density at radius 1 is 1.10 bits per heavy atom. The maximum Gasteiger partial charge on any atom is 0.257 e. The van der Waals surface area contributed by atoms with Gasteiger partial charge in [-0.25, -0.2) is 0 Å². The molecule has 0 aliphatic carbocycles. The van der Waals surface area contributed by atoms with E-state index >= 15 is 0 Å². The summed E-state index contributed by atoms with van der Waals surface area (Å²) >= 11 is 0. The second kappa shape index (κ2) is 8.27. The highest BCUT2D eigenvalue weighted by Gasteiger charge is 2.37. The Morgan fingerprint density at radius 3 is 2.66 bits per heavy atom. The molecule has 152 valence electrons. The highest BCUT2D eigenvalue weighted by Crippen LogP contribution is 2.35. The number of fused-ring (bicyclic) bond motifs is 2. The quantitative estimate of drug-likeness (QED) is 0.853. The molecule has 0 bridgehead atoms. The van der Waals surface area contributed by atoms with Crippen molar-refractivity contribution in [3.8, 4) is 0 Å². The number of anilines is 1. The fourth-order valence-electron chi connectivity index (χ4n) is 4.43. The van der Waals surface area contributed by atoms with Crippen LogP contribution in [-0.2, 0) is 6.54 Å². The van der Waals surface area contributed by atoms with Gasteiger partial charge in [-0.15, -0.1) is 0 Å². The molecule has 1 N–H and O–H groups in total. The maximum absolute atomic E-state index is 13.1. The van der Waals surface area contributed by atoms with Crippen molar-refractivity contribution in [3.05, 3.63) is 64.7 Å². The van der Waals surface area contributed by atoms with Crippen LogP contribution in [0.1, 0.15) is 64.4 Å². The molecule has 4 rings (SSSR count). The average Bonchev–Trinajstić information content (AvgIpc) is 2.99. The second-order valence-electron chi connectivity index (χ2n) is 8.01. The summed E-state index contributed by atoms with van der Waals surface area (Å²) in [5.74, 6) is -0.0108. The zero-order valence-electron chi connectivity index (χ0n) is 17.3. The molecule has 2 aromatic rings. The Kier molecular flexibility index (Phi) is 5.56. The molecule has 2 heterocycles. The summed E-state index contributed by atoms with van der Waals surface area (Å²) in [5.41, 5.74) is 4.47. The molecule has 0 radical (unpaired) electrons. The first-order valence-corrected chi connectivity index (χ1v) is 10.6. The number of nitrogens with one attached hydrogen (secondary N) is 1. The summed E-state index contributed by atoms with van der Waals surface area (Å²) in [6, 6.07) is 13.6. The average molecular weight is 392 g/mol. The van der Waals surface area contributed by atoms with Crippen LogP contribution in [0.3, 0.4) is 0 Å². The van der Waals surface area contributed by atoms with Gasteiger partial charge in [0.25, 0.3) is 11.8 Å². The molecule has 1 saturated heterocycles. The minimum atomic E-state index is -0.111. The van der Waals surface area contributed by atoms with Gasteiger partial charge in [0.2, 0.25) is 0 Å². The largest absolute Gasteiger partial charge is 0.351 e. The van der Waals surface area contributed by atoms with Crippen LogP contribution in [-0.4, -0.2) is 36.0 Å². The molecule has 29 heavy (non-hydrogen) atoms. The van der Waals surface area contributed by atoms with E-state index in [1.807, 2.05) is 48.2 Å². The van der Waals surface area contributed by atoms with Crippen molar-refractivity contribution in [1.82, 2.24) is 10.2 Å². The Hall–Kier alpha value is -2.82. The van der Waals surface area contributed by atoms with Gasteiger partial charge in [-0.2, -0.15) is 0 Å². The third-order valence-electron chi connectivity index (χ3n) is 6.06. The van der Waals surface area contributed by atoms with Crippen LogP contribution >= 0.6 is 0 Å². The number of aryl methyl sites for hydroxylation is 1. The van der Waals surface area contributed by atoms with Crippen molar-refractivity contribution in [1.29, 1.82) is 0 Å². The minimum absolute atomic E-state index is 0.100. The van der Waals surface area contributed by atoms with Crippen LogP contribution in [0.15, 0.2) is 42.5 Å². The van der Waals surface area contributed by atoms with Gasteiger partial charge in [0.05, 0.1) is 11.3 Å². The second-order valence-corrected chi connectivity index (χ2v) is 8.01. The number of benzene rings is 2. The first-order valence-electron chi connectivity index (χ1n) is 10.6. The van der Waals surface area contributed by atoms with Crippen LogP contribution < -0.4 is 10.2 Å². The zero-order chi connectivity index (χ0) is 20.4. The Bertz CT molecular complexity index is 907. The molecule has 0 aromatic heterocycles. The van der Waals surface area contributed by atoms with Crippen LogP contribution in [0.5, 0.6) is 0 Å². The number of carbonyl (C=O) groups is 2. The van der Waals surface area contributed by atoms with Crippen molar-refractivity contribution < 1.29 is 9.59 Å². The molecule has 2 aromatic carbocycles. The fourth-order valence-corrected chi connectivity index (χ4v) is 4.43. The van der Waals surface area contributed by atoms with Gasteiger partial charge < -0.3 is 15.1 Å². The van der Waals surface area contributed by atoms with E-state index in [1.54, 1.807) is 6.07 Å². The van der Waals surface area contributed by atoms with Gasteiger partial charge in [0.15, 0.2) is 0 Å². The van der Waals surface area contributed by atoms with Gasteiger partial charge in [0, 0.05) is 25.2 Å². The Balaban J connectivity index is 1.57. The molecular formula is C24H29N3O2. The van der Waals surface area contributed by atoms with Crippen molar-refractivity contribution >= 4 is 17.5 Å². The summed E-state index contributed by atoms with van der Waals surface area (Å²) in [4.78, 5) is 30.2. The molecule has 1 fully saturated rings. The smallest absolute Gasteiger partial charge is 0.257 e. The van der Waals surface area contributed by atoms with E-state index in [1.165, 1.54) is 12.0 Å². The maximum atomic E-state index is 13.1. The predicted octanol–water partition coefficient (Wildman–Crippen LogP) is 4.11. The summed E-state index contributed by atoms with van der Waals surface area (Å²) in [6.07, 6.45) is 4.46. The molecule has 5 heteroatoms. The lowest BCUT2D eigenvalue weighted by Crippen LogP contribution is -2.55. The highest BCUT2D eigenvalue weighted by molar-refractivity contribution is 6.04. The van der Waals surface area contributed by atoms with Crippen LogP contribution in [0.25, 0.3) is 0 Å². The van der Waals surface area contributed by atoms with E-state index in [-0.39, 0.29) is 18.0 Å². The first kappa shape index (κ1) is 19.5. The van der Waals surface area contributed by atoms with E-state index in [4.69, 9.17) is 0 Å². The predicted molar refractivity (Wildman–Crippen MR) is 115 cm³/mol. The molecule has 0 unspecified atom stereocenters. The standard InChI is InChI=1S/C24H29N3O2/c1-3-26-21-15-19(23(28)25-16-18-10-8-17(2)9-11-18)12-13-20(21)24(29)27-14-6-4-5-7-22(26)27/h8-13,15,22H,3-7,14,16H2,1-2H3,(H,25,28)/t22-/m0/s1. The molecule has 2 aliphatic rings. The van der Waals surface area contributed by atoms with E-state index < -0.39 is 0 Å². The Labute approximate surface area is 172 Å². The number of hydrogen-bond donors (Lipinski definition) is 1. The Morgan fingerprint density at radius 2 is 1.90 bits per heavy atom. The van der Waals surface area contributed by atoms with Crippen molar-refractivity contribution in [2.75, 3.05) is 18.0 Å². The molecule has 0 spiro atoms. The first-order chi connectivity index (χ1) is 14.1. The van der Waals surface area contributed by atoms with Gasteiger partial charge >= 0.3 is 0 Å². The summed E-state index contributed by atoms with van der Waals surface area (Å²) < 4.78 is 0. The van der Waals surface area contributed by atoms with Crippen molar-refractivity contribution in [2.24, 2.45) is 0 Å². The topological polar surface area (TPSA) is 52.7 Å². The van der Waals surface area contributed by atoms with E-state index in [9.17, 15) is 9.59 Å². The third-order valence-corrected chi connectivity index (χ3v) is 6.06. The molecule has 5 nitrogen and oxygen atoms in total. The fraction of sp³-hybridized carbons (Fsp3) is 0.417. The molecule has 0 saturated carbocycles. The van der Waals surface area contributed by atoms with Crippen LogP contribution in [0.2, 0.25) is 0 Å². The third kappa shape index (κ3) is 3.86. The molecule has 2 amide bonds. The number of rotatable bonds is 4. The van der Waals surface area contributed by atoms with Gasteiger partial charge in [0.1, 0.15) is 6.17 Å². The number of carbonyl (C=O) groups excluding carboxylic acids is 2. The van der Waals surface area contributed by atoms with E-state index in [2.05, 4.69) is 17.1 Å². The summed E-state index contributed by atoms with van der Waals surface area (Å²) in [6.45, 7) is 6.29. The lowest BCUT2D eigenvalue weighted by Gasteiger charge is -2.44. The van der Waals surface area contributed by atoms with Crippen LogP contribution in [0, 0.1) is 6.92 Å². The molecular weight excluding hydrogens is 362 g/mol. The zero-order valence-corrected chi connectivity index (χ0v) is 17.3.